The minimum atomic E-state index is -1.85. The molecule has 0 heterocycles. The highest BCUT2D eigenvalue weighted by Crippen LogP contribution is 2.15. The average Bonchev–Trinajstić information content (AvgIpc) is 2.09. The zero-order chi connectivity index (χ0) is 9.90. The third-order valence-corrected chi connectivity index (χ3v) is 1.75. The Morgan fingerprint density at radius 1 is 1.31 bits per heavy atom. The Hall–Kier alpha value is -1.26. The van der Waals surface area contributed by atoms with Crippen molar-refractivity contribution in [1.82, 2.24) is 0 Å². The first-order valence-electron chi connectivity index (χ1n) is 4.12. The maximum atomic E-state index is 9.26. The molecule has 0 bridgehead atoms. The van der Waals surface area contributed by atoms with Crippen LogP contribution in [0.4, 0.5) is 11.4 Å². The second-order valence-electron chi connectivity index (χ2n) is 2.92. The van der Waals surface area contributed by atoms with Gasteiger partial charge in [-0.3, -0.25) is 0 Å². The van der Waals surface area contributed by atoms with Crippen molar-refractivity contribution in [1.29, 1.82) is 0 Å². The summed E-state index contributed by atoms with van der Waals surface area (Å²) < 4.78 is 0. The van der Waals surface area contributed by atoms with Crippen molar-refractivity contribution < 1.29 is 10.2 Å². The predicted molar refractivity (Wildman–Crippen MR) is 51.9 cm³/mol. The number of anilines is 2. The first-order valence-corrected chi connectivity index (χ1v) is 4.12. The van der Waals surface area contributed by atoms with Crippen LogP contribution in [-0.4, -0.2) is 16.1 Å². The molecule has 0 amide bonds. The Kier molecular flexibility index (Phi) is 2.75. The number of hydrogen-bond acceptors (Lipinski definition) is 4. The van der Waals surface area contributed by atoms with Crippen molar-refractivity contribution >= 4 is 11.4 Å². The van der Waals surface area contributed by atoms with Gasteiger partial charge < -0.3 is 21.3 Å². The van der Waals surface area contributed by atoms with E-state index in [-0.39, 0.29) is 6.42 Å². The van der Waals surface area contributed by atoms with Gasteiger partial charge in [-0.15, -0.1) is 0 Å². The summed E-state index contributed by atoms with van der Waals surface area (Å²) in [5, 5.41) is 21.1. The Morgan fingerprint density at radius 2 is 1.85 bits per heavy atom. The molecule has 0 saturated heterocycles. The molecule has 1 aromatic carbocycles. The van der Waals surface area contributed by atoms with Crippen LogP contribution >= 0.6 is 0 Å². The highest BCUT2D eigenvalue weighted by Gasteiger charge is 2.18. The van der Waals surface area contributed by atoms with E-state index in [0.29, 0.717) is 11.4 Å². The van der Waals surface area contributed by atoms with Crippen molar-refractivity contribution in [2.24, 2.45) is 0 Å². The zero-order valence-electron chi connectivity index (χ0n) is 7.49. The van der Waals surface area contributed by atoms with Gasteiger partial charge in [-0.1, -0.05) is 6.92 Å². The Labute approximate surface area is 77.0 Å². The van der Waals surface area contributed by atoms with Gasteiger partial charge >= 0.3 is 0 Å². The van der Waals surface area contributed by atoms with E-state index in [2.05, 4.69) is 5.32 Å². The van der Waals surface area contributed by atoms with Crippen LogP contribution in [0, 0.1) is 0 Å². The van der Waals surface area contributed by atoms with Gasteiger partial charge in [0.05, 0.1) is 0 Å². The van der Waals surface area contributed by atoms with Crippen LogP contribution in [0.2, 0.25) is 0 Å². The summed E-state index contributed by atoms with van der Waals surface area (Å²) in [6, 6.07) is 6.75. The largest absolute Gasteiger partial charge is 0.399 e. The molecule has 0 aliphatic carbocycles. The van der Waals surface area contributed by atoms with Crippen molar-refractivity contribution in [2.45, 2.75) is 19.3 Å². The second kappa shape index (κ2) is 3.64. The van der Waals surface area contributed by atoms with Crippen LogP contribution in [-0.2, 0) is 0 Å². The zero-order valence-corrected chi connectivity index (χ0v) is 7.49. The van der Waals surface area contributed by atoms with Crippen molar-refractivity contribution in [3.63, 3.8) is 0 Å². The SMILES string of the molecule is CCC(O)(O)Nc1ccc(N)cc1. The van der Waals surface area contributed by atoms with Crippen LogP contribution in [0.5, 0.6) is 0 Å². The lowest BCUT2D eigenvalue weighted by molar-refractivity contribution is -0.137. The minimum Gasteiger partial charge on any atom is -0.399 e. The summed E-state index contributed by atoms with van der Waals surface area (Å²) in [5.74, 6) is -1.85. The van der Waals surface area contributed by atoms with Gasteiger partial charge in [0.25, 0.3) is 0 Å². The maximum Gasteiger partial charge on any atom is 0.243 e. The normalized spacial score (nSPS) is 11.3. The van der Waals surface area contributed by atoms with E-state index >= 15 is 0 Å². The van der Waals surface area contributed by atoms with Crippen LogP contribution in [0.25, 0.3) is 0 Å². The summed E-state index contributed by atoms with van der Waals surface area (Å²) in [4.78, 5) is 0. The van der Waals surface area contributed by atoms with Gasteiger partial charge in [-0.2, -0.15) is 0 Å². The molecule has 0 saturated carbocycles. The fraction of sp³-hybridized carbons (Fsp3) is 0.333. The number of rotatable bonds is 3. The highest BCUT2D eigenvalue weighted by molar-refractivity contribution is 5.51. The molecule has 13 heavy (non-hydrogen) atoms. The Bertz CT molecular complexity index is 269. The fourth-order valence-corrected chi connectivity index (χ4v) is 0.886. The molecule has 0 radical (unpaired) electrons. The van der Waals surface area contributed by atoms with Gasteiger partial charge in [-0.05, 0) is 24.3 Å². The molecule has 0 unspecified atom stereocenters. The highest BCUT2D eigenvalue weighted by atomic mass is 16.5. The van der Waals surface area contributed by atoms with E-state index in [1.165, 1.54) is 0 Å². The van der Waals surface area contributed by atoms with Gasteiger partial charge in [0.2, 0.25) is 5.91 Å². The number of nitrogens with one attached hydrogen (secondary N) is 1. The van der Waals surface area contributed by atoms with Crippen molar-refractivity contribution in [3.05, 3.63) is 24.3 Å². The molecule has 72 valence electrons. The number of hydrogen-bond donors (Lipinski definition) is 4. The Balaban J connectivity index is 2.69. The lowest BCUT2D eigenvalue weighted by atomic mass is 10.2. The maximum absolute atomic E-state index is 9.26. The molecule has 0 aromatic heterocycles. The summed E-state index contributed by atoms with van der Waals surface area (Å²) in [5.41, 5.74) is 6.74. The topological polar surface area (TPSA) is 78.5 Å². The average molecular weight is 182 g/mol. The molecule has 0 aliphatic rings. The predicted octanol–water partition coefficient (Wildman–Crippen LogP) is 0.729. The van der Waals surface area contributed by atoms with Gasteiger partial charge in [0.1, 0.15) is 0 Å². The molecule has 0 fully saturated rings. The summed E-state index contributed by atoms with van der Waals surface area (Å²) in [7, 11) is 0. The summed E-state index contributed by atoms with van der Waals surface area (Å²) in [6.45, 7) is 1.67. The minimum absolute atomic E-state index is 0.206. The van der Waals surface area contributed by atoms with E-state index in [9.17, 15) is 10.2 Å². The number of nitrogens with two attached hydrogens (primary N) is 1. The molecule has 4 heteroatoms. The van der Waals surface area contributed by atoms with Gasteiger partial charge in [0, 0.05) is 17.8 Å². The molecule has 0 aliphatic heterocycles. The fourth-order valence-electron chi connectivity index (χ4n) is 0.886. The van der Waals surface area contributed by atoms with E-state index in [1.807, 2.05) is 0 Å². The smallest absolute Gasteiger partial charge is 0.243 e. The summed E-state index contributed by atoms with van der Waals surface area (Å²) in [6.07, 6.45) is 0.206. The number of benzene rings is 1. The van der Waals surface area contributed by atoms with Gasteiger partial charge in [-0.25, -0.2) is 0 Å². The number of nitrogen functional groups attached to an aromatic ring is 1. The molecule has 0 atom stereocenters. The standard InChI is InChI=1S/C9H14N2O2/c1-2-9(12,13)11-8-5-3-7(10)4-6-8/h3-6,11-13H,2,10H2,1H3. The van der Waals surface area contributed by atoms with Crippen molar-refractivity contribution in [3.8, 4) is 0 Å². The van der Waals surface area contributed by atoms with Crippen LogP contribution in [0.1, 0.15) is 13.3 Å². The molecule has 1 aromatic rings. The van der Waals surface area contributed by atoms with E-state index in [0.717, 1.165) is 0 Å². The van der Waals surface area contributed by atoms with Crippen LogP contribution in [0.15, 0.2) is 24.3 Å². The first kappa shape index (κ1) is 9.83. The molecule has 1 rings (SSSR count). The quantitative estimate of drug-likeness (QED) is 0.410. The third-order valence-electron chi connectivity index (χ3n) is 1.75. The first-order chi connectivity index (χ1) is 6.03. The third kappa shape index (κ3) is 2.93. The molecule has 4 nitrogen and oxygen atoms in total. The van der Waals surface area contributed by atoms with E-state index in [4.69, 9.17) is 5.73 Å². The number of aliphatic hydroxyl groups is 2. The van der Waals surface area contributed by atoms with Crippen LogP contribution < -0.4 is 11.1 Å². The molecular weight excluding hydrogens is 168 g/mol. The van der Waals surface area contributed by atoms with Crippen molar-refractivity contribution in [2.75, 3.05) is 11.1 Å². The lowest BCUT2D eigenvalue weighted by Gasteiger charge is -2.22. The molecular formula is C9H14N2O2. The molecule has 0 spiro atoms. The van der Waals surface area contributed by atoms with Gasteiger partial charge in [0.15, 0.2) is 0 Å². The monoisotopic (exact) mass is 182 g/mol. The Morgan fingerprint density at radius 3 is 2.31 bits per heavy atom. The lowest BCUT2D eigenvalue weighted by Crippen LogP contribution is -2.36. The summed E-state index contributed by atoms with van der Waals surface area (Å²) >= 11 is 0. The molecule has 5 N–H and O–H groups in total. The second-order valence-corrected chi connectivity index (χ2v) is 2.92. The van der Waals surface area contributed by atoms with E-state index < -0.39 is 5.91 Å². The van der Waals surface area contributed by atoms with E-state index in [1.54, 1.807) is 31.2 Å². The van der Waals surface area contributed by atoms with Crippen LogP contribution in [0.3, 0.4) is 0 Å².